The molecule has 64 valence electrons. The van der Waals surface area contributed by atoms with E-state index in [-0.39, 0.29) is 11.9 Å². The summed E-state index contributed by atoms with van der Waals surface area (Å²) in [6.45, 7) is 3.06. The molecule has 0 unspecified atom stereocenters. The minimum Gasteiger partial charge on any atom is -0.412 e. The first-order valence-corrected chi connectivity index (χ1v) is 2.94. The zero-order valence-electron chi connectivity index (χ0n) is 5.96. The van der Waals surface area contributed by atoms with Gasteiger partial charge in [0.2, 0.25) is 0 Å². The second-order valence-corrected chi connectivity index (χ2v) is 1.88. The molecule has 10 heavy (non-hydrogen) atoms. The van der Waals surface area contributed by atoms with Gasteiger partial charge in [0, 0.05) is 13.0 Å². The summed E-state index contributed by atoms with van der Waals surface area (Å²) in [5.41, 5.74) is 0. The molecule has 0 saturated heterocycles. The molecule has 0 spiro atoms. The van der Waals surface area contributed by atoms with Gasteiger partial charge in [-0.2, -0.15) is 0 Å². The first-order valence-electron chi connectivity index (χ1n) is 2.94. The Bertz CT molecular complexity index is 70.5. The third-order valence-corrected chi connectivity index (χ3v) is 0.887. The summed E-state index contributed by atoms with van der Waals surface area (Å²) in [4.78, 5) is 0. The molecule has 0 aromatic carbocycles. The summed E-state index contributed by atoms with van der Waals surface area (Å²) in [6, 6.07) is 0. The SMILES string of the molecule is CCNCCC(O)(O)O.O. The van der Waals surface area contributed by atoms with Gasteiger partial charge in [0.25, 0.3) is 5.97 Å². The average Bonchev–Trinajstić information content (AvgIpc) is 1.63. The largest absolute Gasteiger partial charge is 0.412 e. The second-order valence-electron chi connectivity index (χ2n) is 1.88. The maximum absolute atomic E-state index is 8.32. The molecule has 0 atom stereocenters. The van der Waals surface area contributed by atoms with E-state index in [1.165, 1.54) is 0 Å². The molecule has 0 aromatic rings. The highest BCUT2D eigenvalue weighted by Crippen LogP contribution is 1.96. The Kier molecular flexibility index (Phi) is 6.95. The summed E-state index contributed by atoms with van der Waals surface area (Å²) in [5.74, 6) is -2.51. The molecule has 0 bridgehead atoms. The van der Waals surface area contributed by atoms with Crippen molar-refractivity contribution in [2.24, 2.45) is 0 Å². The van der Waals surface area contributed by atoms with Crippen molar-refractivity contribution < 1.29 is 20.8 Å². The molecule has 0 amide bonds. The number of hydrogen-bond acceptors (Lipinski definition) is 4. The van der Waals surface area contributed by atoms with Gasteiger partial charge in [0.1, 0.15) is 0 Å². The number of nitrogens with one attached hydrogen (secondary N) is 1. The number of hydrogen-bond donors (Lipinski definition) is 4. The molecule has 0 fully saturated rings. The van der Waals surface area contributed by atoms with Gasteiger partial charge in [-0.25, -0.2) is 0 Å². The summed E-state index contributed by atoms with van der Waals surface area (Å²) >= 11 is 0. The van der Waals surface area contributed by atoms with Gasteiger partial charge in [0.15, 0.2) is 0 Å². The average molecular weight is 153 g/mol. The van der Waals surface area contributed by atoms with E-state index in [1.807, 2.05) is 6.92 Å². The molecule has 6 N–H and O–H groups in total. The first-order chi connectivity index (χ1) is 4.06. The van der Waals surface area contributed by atoms with Crippen LogP contribution >= 0.6 is 0 Å². The van der Waals surface area contributed by atoms with Gasteiger partial charge in [0.05, 0.1) is 0 Å². The number of rotatable bonds is 4. The second kappa shape index (κ2) is 5.57. The standard InChI is InChI=1S/C5H13NO3.H2O/c1-2-6-4-3-5(7,8)9;/h6-9H,2-4H2,1H3;1H2. The third kappa shape index (κ3) is 10.7. The van der Waals surface area contributed by atoms with Crippen molar-refractivity contribution in [1.29, 1.82) is 0 Å². The topological polar surface area (TPSA) is 104 Å². The van der Waals surface area contributed by atoms with Crippen LogP contribution in [0.4, 0.5) is 0 Å². The predicted molar refractivity (Wildman–Crippen MR) is 36.2 cm³/mol. The Hall–Kier alpha value is -0.200. The minimum absolute atomic E-state index is 0. The molecule has 5 heteroatoms. The molecule has 0 aliphatic carbocycles. The maximum atomic E-state index is 8.32. The van der Waals surface area contributed by atoms with Crippen LogP contribution in [-0.4, -0.2) is 39.9 Å². The molecule has 0 saturated carbocycles. The Labute approximate surface area is 59.6 Å². The van der Waals surface area contributed by atoms with Crippen molar-refractivity contribution in [1.82, 2.24) is 5.32 Å². The van der Waals surface area contributed by atoms with E-state index in [4.69, 9.17) is 15.3 Å². The van der Waals surface area contributed by atoms with Crippen LogP contribution < -0.4 is 5.32 Å². The van der Waals surface area contributed by atoms with Crippen molar-refractivity contribution in [2.75, 3.05) is 13.1 Å². The van der Waals surface area contributed by atoms with Crippen molar-refractivity contribution in [2.45, 2.75) is 19.3 Å². The van der Waals surface area contributed by atoms with E-state index in [1.54, 1.807) is 0 Å². The first kappa shape index (κ1) is 12.5. The highest BCUT2D eigenvalue weighted by Gasteiger charge is 2.15. The van der Waals surface area contributed by atoms with Crippen molar-refractivity contribution in [3.63, 3.8) is 0 Å². The summed E-state index contributed by atoms with van der Waals surface area (Å²) in [7, 11) is 0. The minimum atomic E-state index is -2.51. The summed E-state index contributed by atoms with van der Waals surface area (Å²) < 4.78 is 0. The highest BCUT2D eigenvalue weighted by molar-refractivity contribution is 4.50. The van der Waals surface area contributed by atoms with Gasteiger partial charge in [-0.3, -0.25) is 0 Å². The van der Waals surface area contributed by atoms with Crippen LogP contribution in [0.25, 0.3) is 0 Å². The molecule has 0 aromatic heterocycles. The van der Waals surface area contributed by atoms with Gasteiger partial charge >= 0.3 is 0 Å². The van der Waals surface area contributed by atoms with E-state index in [0.717, 1.165) is 6.54 Å². The normalized spacial score (nSPS) is 10.8. The van der Waals surface area contributed by atoms with Crippen LogP contribution in [-0.2, 0) is 0 Å². The molecule has 5 nitrogen and oxygen atoms in total. The smallest absolute Gasteiger partial charge is 0.276 e. The van der Waals surface area contributed by atoms with Gasteiger partial charge in [-0.15, -0.1) is 0 Å². The Morgan fingerprint density at radius 2 is 1.80 bits per heavy atom. The van der Waals surface area contributed by atoms with Crippen molar-refractivity contribution in [3.8, 4) is 0 Å². The quantitative estimate of drug-likeness (QED) is 0.271. The zero-order valence-corrected chi connectivity index (χ0v) is 5.96. The fourth-order valence-electron chi connectivity index (χ4n) is 0.433. The van der Waals surface area contributed by atoms with Crippen LogP contribution in [0.3, 0.4) is 0 Å². The Balaban J connectivity index is 0. The molecule has 0 radical (unpaired) electrons. The molecule has 0 aliphatic rings. The van der Waals surface area contributed by atoms with Crippen LogP contribution in [0.1, 0.15) is 13.3 Å². The van der Waals surface area contributed by atoms with Crippen molar-refractivity contribution in [3.05, 3.63) is 0 Å². The van der Waals surface area contributed by atoms with E-state index in [9.17, 15) is 0 Å². The molecule has 0 aliphatic heterocycles. The van der Waals surface area contributed by atoms with Crippen LogP contribution in [0.15, 0.2) is 0 Å². The fourth-order valence-corrected chi connectivity index (χ4v) is 0.433. The van der Waals surface area contributed by atoms with E-state index < -0.39 is 5.97 Å². The molecular formula is C5H15NO4. The monoisotopic (exact) mass is 153 g/mol. The summed E-state index contributed by atoms with van der Waals surface area (Å²) in [5, 5.41) is 27.8. The van der Waals surface area contributed by atoms with Gasteiger partial charge in [-0.05, 0) is 6.54 Å². The fraction of sp³-hybridized carbons (Fsp3) is 1.00. The zero-order chi connectivity index (χ0) is 7.33. The van der Waals surface area contributed by atoms with E-state index in [0.29, 0.717) is 6.54 Å². The van der Waals surface area contributed by atoms with Crippen LogP contribution in [0.2, 0.25) is 0 Å². The lowest BCUT2D eigenvalue weighted by Crippen LogP contribution is -2.32. The van der Waals surface area contributed by atoms with E-state index in [2.05, 4.69) is 5.32 Å². The van der Waals surface area contributed by atoms with E-state index >= 15 is 0 Å². The van der Waals surface area contributed by atoms with Crippen LogP contribution in [0, 0.1) is 0 Å². The lowest BCUT2D eigenvalue weighted by atomic mass is 10.4. The van der Waals surface area contributed by atoms with Crippen LogP contribution in [0.5, 0.6) is 0 Å². The number of aliphatic hydroxyl groups is 3. The van der Waals surface area contributed by atoms with Gasteiger partial charge < -0.3 is 26.1 Å². The van der Waals surface area contributed by atoms with Crippen molar-refractivity contribution >= 4 is 0 Å². The Morgan fingerprint density at radius 1 is 1.30 bits per heavy atom. The molecule has 0 rings (SSSR count). The highest BCUT2D eigenvalue weighted by atomic mass is 16.7. The predicted octanol–water partition coefficient (Wildman–Crippen LogP) is -2.21. The lowest BCUT2D eigenvalue weighted by Gasteiger charge is -2.12. The lowest BCUT2D eigenvalue weighted by molar-refractivity contribution is -0.313. The van der Waals surface area contributed by atoms with Gasteiger partial charge in [-0.1, -0.05) is 6.92 Å². The molecule has 0 heterocycles. The molecular weight excluding hydrogens is 138 g/mol. The Morgan fingerprint density at radius 3 is 2.10 bits per heavy atom. The maximum Gasteiger partial charge on any atom is 0.276 e. The third-order valence-electron chi connectivity index (χ3n) is 0.887. The summed E-state index contributed by atoms with van der Waals surface area (Å²) in [6.07, 6.45) is -0.0686.